The molecule has 0 unspecified atom stereocenters. The summed E-state index contributed by atoms with van der Waals surface area (Å²) in [4.78, 5) is 4.91. The Morgan fingerprint density at radius 1 is 1.35 bits per heavy atom. The number of rotatable bonds is 5. The van der Waals surface area contributed by atoms with Crippen molar-refractivity contribution >= 4 is 21.4 Å². The third kappa shape index (κ3) is 3.43. The summed E-state index contributed by atoms with van der Waals surface area (Å²) < 4.78 is 27.1. The number of nitrogens with one attached hydrogen (secondary N) is 1. The van der Waals surface area contributed by atoms with Crippen LogP contribution >= 0.6 is 11.3 Å². The summed E-state index contributed by atoms with van der Waals surface area (Å²) in [5.41, 5.74) is 2.30. The lowest BCUT2D eigenvalue weighted by Crippen LogP contribution is -2.23. The van der Waals surface area contributed by atoms with E-state index in [4.69, 9.17) is 5.11 Å². The van der Waals surface area contributed by atoms with Crippen LogP contribution in [0.3, 0.4) is 0 Å². The van der Waals surface area contributed by atoms with Gasteiger partial charge in [0.05, 0.1) is 18.8 Å². The summed E-state index contributed by atoms with van der Waals surface area (Å²) in [5.74, 6) is 0. The zero-order valence-corrected chi connectivity index (χ0v) is 12.9. The van der Waals surface area contributed by atoms with E-state index in [1.807, 2.05) is 19.1 Å². The first-order chi connectivity index (χ1) is 9.42. The van der Waals surface area contributed by atoms with Crippen LogP contribution in [0, 0.1) is 13.8 Å². The number of aryl methyl sites for hydroxylation is 2. The van der Waals surface area contributed by atoms with Crippen LogP contribution in [-0.4, -0.2) is 18.5 Å². The highest BCUT2D eigenvalue weighted by molar-refractivity contribution is 7.91. The Balaban J connectivity index is 2.15. The van der Waals surface area contributed by atoms with Gasteiger partial charge in [0, 0.05) is 10.6 Å². The number of thiophene rings is 1. The minimum Gasteiger partial charge on any atom is -0.391 e. The number of nitrogens with zero attached hydrogens (tertiary/aromatic N) is 1. The Kier molecular flexibility index (Phi) is 4.54. The van der Waals surface area contributed by atoms with Gasteiger partial charge in [-0.15, -0.1) is 11.3 Å². The second-order valence-electron chi connectivity index (χ2n) is 4.42. The van der Waals surface area contributed by atoms with Crippen LogP contribution in [0.25, 0.3) is 0 Å². The third-order valence-corrected chi connectivity index (χ3v) is 5.89. The summed E-state index contributed by atoms with van der Waals surface area (Å²) >= 11 is 1.08. The number of sulfonamides is 1. The van der Waals surface area contributed by atoms with Crippen molar-refractivity contribution in [1.82, 2.24) is 9.71 Å². The molecular formula is C13H16N2O3S2. The van der Waals surface area contributed by atoms with Crippen LogP contribution in [-0.2, 0) is 23.2 Å². The van der Waals surface area contributed by atoms with Crippen molar-refractivity contribution in [3.05, 3.63) is 46.1 Å². The Labute approximate surface area is 122 Å². The van der Waals surface area contributed by atoms with Crippen LogP contribution in [0.5, 0.6) is 0 Å². The summed E-state index contributed by atoms with van der Waals surface area (Å²) in [6.07, 6.45) is 0. The quantitative estimate of drug-likeness (QED) is 0.881. The molecule has 0 bridgehead atoms. The van der Waals surface area contributed by atoms with Crippen molar-refractivity contribution in [2.24, 2.45) is 0 Å². The van der Waals surface area contributed by atoms with E-state index in [-0.39, 0.29) is 17.4 Å². The normalized spacial score (nSPS) is 11.8. The molecule has 0 saturated heterocycles. The fourth-order valence-electron chi connectivity index (χ4n) is 1.72. The van der Waals surface area contributed by atoms with Crippen molar-refractivity contribution in [2.45, 2.75) is 31.2 Å². The van der Waals surface area contributed by atoms with Crippen LogP contribution < -0.4 is 4.72 Å². The molecule has 5 nitrogen and oxygen atoms in total. The first-order valence-electron chi connectivity index (χ1n) is 6.05. The standard InChI is InChI=1S/C13H16N2O3S2/c1-9-6-13(19-12(9)8-16)20(17,18)14-7-11-5-3-4-10(2)15-11/h3-6,14,16H,7-8H2,1-2H3. The number of aliphatic hydroxyl groups excluding tert-OH is 1. The Hall–Kier alpha value is -1.28. The fourth-order valence-corrected chi connectivity index (χ4v) is 4.21. The first-order valence-corrected chi connectivity index (χ1v) is 8.34. The molecule has 0 radical (unpaired) electrons. The van der Waals surface area contributed by atoms with Gasteiger partial charge >= 0.3 is 0 Å². The monoisotopic (exact) mass is 312 g/mol. The molecule has 2 heterocycles. The molecule has 2 rings (SSSR count). The van der Waals surface area contributed by atoms with Gasteiger partial charge < -0.3 is 5.11 Å². The molecule has 20 heavy (non-hydrogen) atoms. The smallest absolute Gasteiger partial charge is 0.250 e. The predicted molar refractivity (Wildman–Crippen MR) is 78.0 cm³/mol. The van der Waals surface area contributed by atoms with Gasteiger partial charge in [-0.2, -0.15) is 0 Å². The molecule has 2 aromatic heterocycles. The van der Waals surface area contributed by atoms with Gasteiger partial charge in [-0.3, -0.25) is 4.98 Å². The Morgan fingerprint density at radius 3 is 2.70 bits per heavy atom. The number of aliphatic hydroxyl groups is 1. The van der Waals surface area contributed by atoms with Gasteiger partial charge in [0.25, 0.3) is 0 Å². The maximum Gasteiger partial charge on any atom is 0.250 e. The van der Waals surface area contributed by atoms with E-state index in [1.54, 1.807) is 19.1 Å². The number of pyridine rings is 1. The Bertz CT molecular complexity index is 708. The van der Waals surface area contributed by atoms with Gasteiger partial charge in [-0.05, 0) is 37.6 Å². The average molecular weight is 312 g/mol. The van der Waals surface area contributed by atoms with Crippen molar-refractivity contribution in [1.29, 1.82) is 0 Å². The summed E-state index contributed by atoms with van der Waals surface area (Å²) in [5, 5.41) is 9.12. The van der Waals surface area contributed by atoms with Gasteiger partial charge in [-0.25, -0.2) is 13.1 Å². The van der Waals surface area contributed by atoms with E-state index < -0.39 is 10.0 Å². The lowest BCUT2D eigenvalue weighted by Gasteiger charge is -2.04. The largest absolute Gasteiger partial charge is 0.391 e. The highest BCUT2D eigenvalue weighted by Crippen LogP contribution is 2.25. The first kappa shape index (κ1) is 15.1. The molecular weight excluding hydrogens is 296 g/mol. The molecule has 7 heteroatoms. The van der Waals surface area contributed by atoms with Crippen molar-refractivity contribution in [2.75, 3.05) is 0 Å². The molecule has 108 valence electrons. The summed E-state index contributed by atoms with van der Waals surface area (Å²) in [6.45, 7) is 3.64. The highest BCUT2D eigenvalue weighted by Gasteiger charge is 2.18. The molecule has 0 atom stereocenters. The molecule has 0 amide bonds. The maximum atomic E-state index is 12.2. The zero-order chi connectivity index (χ0) is 14.8. The molecule has 0 aromatic carbocycles. The van der Waals surface area contributed by atoms with Crippen LogP contribution in [0.1, 0.15) is 21.8 Å². The van der Waals surface area contributed by atoms with E-state index >= 15 is 0 Å². The van der Waals surface area contributed by atoms with Crippen LogP contribution in [0.4, 0.5) is 0 Å². The predicted octanol–water partition coefficient (Wildman–Crippen LogP) is 1.73. The van der Waals surface area contributed by atoms with Crippen molar-refractivity contribution < 1.29 is 13.5 Å². The molecule has 0 saturated carbocycles. The van der Waals surface area contributed by atoms with E-state index in [1.165, 1.54) is 0 Å². The SMILES string of the molecule is Cc1cccc(CNS(=O)(=O)c2cc(C)c(CO)s2)n1. The van der Waals surface area contributed by atoms with Gasteiger partial charge in [0.1, 0.15) is 4.21 Å². The van der Waals surface area contributed by atoms with Crippen LogP contribution in [0.15, 0.2) is 28.5 Å². The minimum absolute atomic E-state index is 0.147. The second kappa shape index (κ2) is 6.01. The average Bonchev–Trinajstić information content (AvgIpc) is 2.79. The summed E-state index contributed by atoms with van der Waals surface area (Å²) in [6, 6.07) is 7.04. The minimum atomic E-state index is -3.57. The molecule has 0 aliphatic rings. The highest BCUT2D eigenvalue weighted by atomic mass is 32.2. The molecule has 2 N–H and O–H groups in total. The second-order valence-corrected chi connectivity index (χ2v) is 7.56. The topological polar surface area (TPSA) is 79.3 Å². The summed E-state index contributed by atoms with van der Waals surface area (Å²) in [7, 11) is -3.57. The van der Waals surface area contributed by atoms with Gasteiger partial charge in [0.15, 0.2) is 0 Å². The molecule has 0 aliphatic heterocycles. The lowest BCUT2D eigenvalue weighted by atomic mass is 10.3. The maximum absolute atomic E-state index is 12.2. The third-order valence-electron chi connectivity index (χ3n) is 2.80. The molecule has 0 aliphatic carbocycles. The number of hydrogen-bond donors (Lipinski definition) is 2. The van der Waals surface area contributed by atoms with Crippen LogP contribution in [0.2, 0.25) is 0 Å². The molecule has 2 aromatic rings. The van der Waals surface area contributed by atoms with Crippen molar-refractivity contribution in [3.63, 3.8) is 0 Å². The lowest BCUT2D eigenvalue weighted by molar-refractivity contribution is 0.285. The molecule has 0 fully saturated rings. The molecule has 0 spiro atoms. The zero-order valence-electron chi connectivity index (χ0n) is 11.3. The van der Waals surface area contributed by atoms with Gasteiger partial charge in [-0.1, -0.05) is 6.07 Å². The number of hydrogen-bond acceptors (Lipinski definition) is 5. The van der Waals surface area contributed by atoms with E-state index in [9.17, 15) is 8.42 Å². The van der Waals surface area contributed by atoms with E-state index in [2.05, 4.69) is 9.71 Å². The van der Waals surface area contributed by atoms with Gasteiger partial charge in [0.2, 0.25) is 10.0 Å². The van der Waals surface area contributed by atoms with Crippen molar-refractivity contribution in [3.8, 4) is 0 Å². The van der Waals surface area contributed by atoms with E-state index in [0.29, 0.717) is 10.6 Å². The fraction of sp³-hybridized carbons (Fsp3) is 0.308. The Morgan fingerprint density at radius 2 is 2.10 bits per heavy atom. The number of aromatic nitrogens is 1. The van der Waals surface area contributed by atoms with E-state index in [0.717, 1.165) is 22.6 Å².